The van der Waals surface area contributed by atoms with Crippen molar-refractivity contribution in [2.75, 3.05) is 0 Å². The molecule has 0 saturated heterocycles. The molecule has 0 N–H and O–H groups in total. The van der Waals surface area contributed by atoms with Crippen molar-refractivity contribution in [2.24, 2.45) is 0 Å². The lowest BCUT2D eigenvalue weighted by Crippen LogP contribution is -2.43. The van der Waals surface area contributed by atoms with E-state index < -0.39 is 5.60 Å². The van der Waals surface area contributed by atoms with Crippen LogP contribution in [-0.4, -0.2) is 22.6 Å². The summed E-state index contributed by atoms with van der Waals surface area (Å²) < 4.78 is 5.26. The number of ether oxygens (including phenoxy) is 1. The van der Waals surface area contributed by atoms with Gasteiger partial charge in [-0.05, 0) is 40.0 Å². The maximum atomic E-state index is 11.7. The quantitative estimate of drug-likeness (QED) is 0.681. The molecule has 0 aromatic carbocycles. The number of hydrogen-bond acceptors (Lipinski definition) is 2. The third-order valence-corrected chi connectivity index (χ3v) is 2.27. The van der Waals surface area contributed by atoms with Crippen LogP contribution < -0.4 is 0 Å². The van der Waals surface area contributed by atoms with Crippen molar-refractivity contribution in [3.05, 3.63) is 12.8 Å². The van der Waals surface area contributed by atoms with Gasteiger partial charge in [0.25, 0.3) is 0 Å². The van der Waals surface area contributed by atoms with Gasteiger partial charge in [-0.25, -0.2) is 4.79 Å². The summed E-state index contributed by atoms with van der Waals surface area (Å²) in [5.41, 5.74) is -0.428. The highest BCUT2D eigenvalue weighted by molar-refractivity contribution is 5.69. The zero-order valence-corrected chi connectivity index (χ0v) is 9.25. The van der Waals surface area contributed by atoms with Crippen LogP contribution in [0.2, 0.25) is 0 Å². The molecule has 1 saturated carbocycles. The van der Waals surface area contributed by atoms with Crippen LogP contribution in [0, 0.1) is 0 Å². The summed E-state index contributed by atoms with van der Waals surface area (Å²) in [4.78, 5) is 13.3. The lowest BCUT2D eigenvalue weighted by molar-refractivity contribution is 0.0201. The fourth-order valence-corrected chi connectivity index (χ4v) is 1.35. The largest absolute Gasteiger partial charge is 0.443 e. The smallest absolute Gasteiger partial charge is 0.414 e. The summed E-state index contributed by atoms with van der Waals surface area (Å²) in [5, 5.41) is 0. The van der Waals surface area contributed by atoms with Gasteiger partial charge in [0.15, 0.2) is 0 Å². The normalized spacial score (nSPS) is 17.1. The fourth-order valence-electron chi connectivity index (χ4n) is 1.35. The van der Waals surface area contributed by atoms with Gasteiger partial charge < -0.3 is 4.74 Å². The molecule has 3 heteroatoms. The Bertz CT molecular complexity index is 226. The van der Waals surface area contributed by atoms with Crippen LogP contribution in [0.3, 0.4) is 0 Å². The van der Waals surface area contributed by atoms with Gasteiger partial charge in [0.2, 0.25) is 0 Å². The minimum Gasteiger partial charge on any atom is -0.443 e. The predicted octanol–water partition coefficient (Wildman–Crippen LogP) is 2.92. The molecule has 0 radical (unpaired) electrons. The highest BCUT2D eigenvalue weighted by atomic mass is 16.6. The Morgan fingerprint density at radius 1 is 1.50 bits per heavy atom. The molecule has 1 aliphatic carbocycles. The zero-order valence-electron chi connectivity index (χ0n) is 9.25. The Morgan fingerprint density at radius 2 is 2.07 bits per heavy atom. The maximum absolute atomic E-state index is 11.7. The van der Waals surface area contributed by atoms with Gasteiger partial charge in [-0.1, -0.05) is 6.58 Å². The number of carbonyl (C=O) groups excluding carboxylic acids is 1. The second-order valence-corrected chi connectivity index (χ2v) is 4.65. The molecule has 0 atom stereocenters. The molecule has 14 heavy (non-hydrogen) atoms. The van der Waals surface area contributed by atoms with E-state index in [1.807, 2.05) is 20.8 Å². The van der Waals surface area contributed by atoms with Crippen LogP contribution >= 0.6 is 0 Å². The van der Waals surface area contributed by atoms with Gasteiger partial charge in [0, 0.05) is 12.2 Å². The van der Waals surface area contributed by atoms with E-state index in [0.29, 0.717) is 6.04 Å². The van der Waals surface area contributed by atoms with Crippen LogP contribution in [0.4, 0.5) is 4.79 Å². The Morgan fingerprint density at radius 3 is 2.36 bits per heavy atom. The minimum atomic E-state index is -0.428. The summed E-state index contributed by atoms with van der Waals surface area (Å²) in [6, 6.07) is 0.308. The molecule has 1 fully saturated rings. The Kier molecular flexibility index (Phi) is 3.19. The van der Waals surface area contributed by atoms with Gasteiger partial charge >= 0.3 is 6.09 Å². The molecule has 1 rings (SSSR count). The maximum Gasteiger partial charge on any atom is 0.414 e. The number of nitrogens with zero attached hydrogens (tertiary/aromatic N) is 1. The van der Waals surface area contributed by atoms with Gasteiger partial charge in [-0.15, -0.1) is 0 Å². The third-order valence-electron chi connectivity index (χ3n) is 2.27. The first-order valence-corrected chi connectivity index (χ1v) is 5.08. The van der Waals surface area contributed by atoms with Crippen molar-refractivity contribution in [1.82, 2.24) is 4.90 Å². The minimum absolute atomic E-state index is 0.280. The molecule has 80 valence electrons. The number of rotatable bonds is 2. The lowest BCUT2D eigenvalue weighted by Gasteiger charge is -2.35. The summed E-state index contributed by atoms with van der Waals surface area (Å²) in [6.07, 6.45) is 4.60. The molecule has 0 spiro atoms. The van der Waals surface area contributed by atoms with E-state index in [2.05, 4.69) is 6.58 Å². The van der Waals surface area contributed by atoms with Crippen molar-refractivity contribution < 1.29 is 9.53 Å². The van der Waals surface area contributed by atoms with E-state index in [1.54, 1.807) is 11.1 Å². The van der Waals surface area contributed by atoms with E-state index >= 15 is 0 Å². The van der Waals surface area contributed by atoms with Crippen molar-refractivity contribution in [1.29, 1.82) is 0 Å². The first-order valence-electron chi connectivity index (χ1n) is 5.08. The van der Waals surface area contributed by atoms with Gasteiger partial charge in [-0.3, -0.25) is 4.90 Å². The molecule has 1 aliphatic rings. The van der Waals surface area contributed by atoms with E-state index in [9.17, 15) is 4.79 Å². The van der Waals surface area contributed by atoms with Crippen LogP contribution in [0.15, 0.2) is 12.8 Å². The number of carbonyl (C=O) groups is 1. The zero-order chi connectivity index (χ0) is 10.8. The average Bonchev–Trinajstić information content (AvgIpc) is 1.92. The SMILES string of the molecule is C=CN(C(=O)OC(C)(C)C)C1CCC1. The van der Waals surface area contributed by atoms with E-state index in [4.69, 9.17) is 4.74 Å². The van der Waals surface area contributed by atoms with Crippen LogP contribution in [0.5, 0.6) is 0 Å². The second kappa shape index (κ2) is 4.03. The molecule has 3 nitrogen and oxygen atoms in total. The van der Waals surface area contributed by atoms with E-state index in [0.717, 1.165) is 12.8 Å². The Hall–Kier alpha value is -0.990. The molecule has 0 aromatic rings. The predicted molar refractivity (Wildman–Crippen MR) is 55.9 cm³/mol. The first-order chi connectivity index (χ1) is 6.44. The highest BCUT2D eigenvalue weighted by Gasteiger charge is 2.30. The molecule has 0 unspecified atom stereocenters. The van der Waals surface area contributed by atoms with Crippen LogP contribution in [-0.2, 0) is 4.74 Å². The molecule has 0 bridgehead atoms. The Balaban J connectivity index is 2.51. The van der Waals surface area contributed by atoms with Gasteiger partial charge in [0.1, 0.15) is 5.60 Å². The molecular formula is C11H19NO2. The number of hydrogen-bond donors (Lipinski definition) is 0. The monoisotopic (exact) mass is 197 g/mol. The Labute approximate surface area is 85.7 Å². The standard InChI is InChI=1S/C11H19NO2/c1-5-12(9-7-6-8-9)10(13)14-11(2,3)4/h5,9H,1,6-8H2,2-4H3. The highest BCUT2D eigenvalue weighted by Crippen LogP contribution is 2.26. The fraction of sp³-hybridized carbons (Fsp3) is 0.727. The lowest BCUT2D eigenvalue weighted by atomic mass is 9.92. The van der Waals surface area contributed by atoms with Crippen molar-refractivity contribution in [2.45, 2.75) is 51.7 Å². The summed E-state index contributed by atoms with van der Waals surface area (Å²) in [6.45, 7) is 9.24. The van der Waals surface area contributed by atoms with Crippen molar-refractivity contribution in [3.8, 4) is 0 Å². The van der Waals surface area contributed by atoms with Crippen LogP contribution in [0.25, 0.3) is 0 Å². The summed E-state index contributed by atoms with van der Waals surface area (Å²) in [5.74, 6) is 0. The molecule has 0 heterocycles. The third kappa shape index (κ3) is 2.76. The molecular weight excluding hydrogens is 178 g/mol. The van der Waals surface area contributed by atoms with Gasteiger partial charge in [-0.2, -0.15) is 0 Å². The molecule has 0 aromatic heterocycles. The van der Waals surface area contributed by atoms with E-state index in [-0.39, 0.29) is 6.09 Å². The summed E-state index contributed by atoms with van der Waals surface area (Å²) in [7, 11) is 0. The molecule has 1 amide bonds. The second-order valence-electron chi connectivity index (χ2n) is 4.65. The molecule has 0 aliphatic heterocycles. The number of amides is 1. The average molecular weight is 197 g/mol. The first kappa shape index (κ1) is 11.1. The van der Waals surface area contributed by atoms with Crippen molar-refractivity contribution in [3.63, 3.8) is 0 Å². The topological polar surface area (TPSA) is 29.5 Å². The van der Waals surface area contributed by atoms with Crippen molar-refractivity contribution >= 4 is 6.09 Å². The summed E-state index contributed by atoms with van der Waals surface area (Å²) >= 11 is 0. The van der Waals surface area contributed by atoms with E-state index in [1.165, 1.54) is 6.42 Å². The van der Waals surface area contributed by atoms with Crippen LogP contribution in [0.1, 0.15) is 40.0 Å². The van der Waals surface area contributed by atoms with Gasteiger partial charge in [0.05, 0.1) is 0 Å².